The normalized spacial score (nSPS) is 11.7. The van der Waals surface area contributed by atoms with Crippen LogP contribution in [0.1, 0.15) is 11.1 Å². The largest absolute Gasteiger partial charge is 0.418 e. The van der Waals surface area contributed by atoms with Crippen molar-refractivity contribution in [3.05, 3.63) is 29.3 Å². The summed E-state index contributed by atoms with van der Waals surface area (Å²) in [6, 6.07) is 3.98. The molecule has 0 aliphatic heterocycles. The summed E-state index contributed by atoms with van der Waals surface area (Å²) in [7, 11) is 0. The van der Waals surface area contributed by atoms with E-state index >= 15 is 0 Å². The molecule has 0 saturated carbocycles. The molecule has 0 aromatic heterocycles. The Morgan fingerprint density at radius 1 is 1.23 bits per heavy atom. The molecule has 0 aliphatic rings. The zero-order valence-corrected chi connectivity index (χ0v) is 6.73. The average Bonchev–Trinajstić information content (AvgIpc) is 2.01. The molecule has 72 valence electrons. The summed E-state index contributed by atoms with van der Waals surface area (Å²) in [6.07, 6.45) is -4.43. The fourth-order valence-corrected chi connectivity index (χ4v) is 1.14. The number of hydrogen-bond acceptors (Lipinski definition) is 2. The molecule has 0 fully saturated rings. The van der Waals surface area contributed by atoms with Crippen LogP contribution in [0.4, 0.5) is 18.9 Å². The van der Waals surface area contributed by atoms with Crippen molar-refractivity contribution in [2.24, 2.45) is 5.73 Å². The molecule has 0 atom stereocenters. The zero-order valence-electron chi connectivity index (χ0n) is 6.73. The Morgan fingerprint density at radius 3 is 2.23 bits per heavy atom. The van der Waals surface area contributed by atoms with Crippen molar-refractivity contribution in [2.45, 2.75) is 12.7 Å². The molecule has 0 amide bonds. The second kappa shape index (κ2) is 3.26. The van der Waals surface area contributed by atoms with E-state index in [0.717, 1.165) is 0 Å². The maximum atomic E-state index is 12.4. The molecule has 5 heteroatoms. The molecule has 1 aromatic carbocycles. The van der Waals surface area contributed by atoms with Gasteiger partial charge in [0, 0.05) is 12.2 Å². The first kappa shape index (κ1) is 9.85. The van der Waals surface area contributed by atoms with E-state index in [9.17, 15) is 13.2 Å². The maximum absolute atomic E-state index is 12.4. The molecule has 0 aliphatic carbocycles. The standard InChI is InChI=1S/C8H9F3N2/c9-8(10,11)7-5(4-12)2-1-3-6(7)13/h1-3H,4,12-13H2. The van der Waals surface area contributed by atoms with Crippen LogP contribution in [0.25, 0.3) is 0 Å². The van der Waals surface area contributed by atoms with Crippen molar-refractivity contribution < 1.29 is 13.2 Å². The molecule has 0 bridgehead atoms. The van der Waals surface area contributed by atoms with Gasteiger partial charge in [-0.3, -0.25) is 0 Å². The van der Waals surface area contributed by atoms with Crippen molar-refractivity contribution in [1.29, 1.82) is 0 Å². The molecule has 2 nitrogen and oxygen atoms in total. The summed E-state index contributed by atoms with van der Waals surface area (Å²) in [5.41, 5.74) is 9.29. The highest BCUT2D eigenvalue weighted by Gasteiger charge is 2.34. The lowest BCUT2D eigenvalue weighted by Crippen LogP contribution is -2.14. The predicted octanol–water partition coefficient (Wildman–Crippen LogP) is 1.75. The Balaban J connectivity index is 3.32. The van der Waals surface area contributed by atoms with Crippen molar-refractivity contribution in [1.82, 2.24) is 0 Å². The van der Waals surface area contributed by atoms with E-state index in [2.05, 4.69) is 0 Å². The van der Waals surface area contributed by atoms with E-state index in [-0.39, 0.29) is 17.8 Å². The van der Waals surface area contributed by atoms with E-state index in [1.165, 1.54) is 18.2 Å². The highest BCUT2D eigenvalue weighted by atomic mass is 19.4. The van der Waals surface area contributed by atoms with Gasteiger partial charge in [0.2, 0.25) is 0 Å². The Bertz CT molecular complexity index is 307. The number of halogens is 3. The molecule has 1 rings (SSSR count). The van der Waals surface area contributed by atoms with Gasteiger partial charge in [0.15, 0.2) is 0 Å². The third-order valence-corrected chi connectivity index (χ3v) is 1.69. The van der Waals surface area contributed by atoms with Crippen molar-refractivity contribution in [3.63, 3.8) is 0 Å². The second-order valence-corrected chi connectivity index (χ2v) is 2.58. The van der Waals surface area contributed by atoms with Crippen LogP contribution in [0.15, 0.2) is 18.2 Å². The third-order valence-electron chi connectivity index (χ3n) is 1.69. The van der Waals surface area contributed by atoms with Crippen LogP contribution < -0.4 is 11.5 Å². The summed E-state index contributed by atoms with van der Waals surface area (Å²) in [5.74, 6) is 0. The lowest BCUT2D eigenvalue weighted by molar-refractivity contribution is -0.137. The number of alkyl halides is 3. The van der Waals surface area contributed by atoms with Gasteiger partial charge in [-0.1, -0.05) is 12.1 Å². The van der Waals surface area contributed by atoms with Crippen LogP contribution in [0.3, 0.4) is 0 Å². The SMILES string of the molecule is NCc1cccc(N)c1C(F)(F)F. The topological polar surface area (TPSA) is 52.0 Å². The predicted molar refractivity (Wildman–Crippen MR) is 43.7 cm³/mol. The number of hydrogen-bond donors (Lipinski definition) is 2. The fraction of sp³-hybridized carbons (Fsp3) is 0.250. The Hall–Kier alpha value is -1.23. The summed E-state index contributed by atoms with van der Waals surface area (Å²) >= 11 is 0. The van der Waals surface area contributed by atoms with Gasteiger partial charge in [0.1, 0.15) is 0 Å². The van der Waals surface area contributed by atoms with Crippen molar-refractivity contribution >= 4 is 5.69 Å². The second-order valence-electron chi connectivity index (χ2n) is 2.58. The van der Waals surface area contributed by atoms with Gasteiger partial charge >= 0.3 is 6.18 Å². The van der Waals surface area contributed by atoms with Gasteiger partial charge < -0.3 is 11.5 Å². The van der Waals surface area contributed by atoms with Gasteiger partial charge in [-0.15, -0.1) is 0 Å². The molecule has 4 N–H and O–H groups in total. The number of rotatable bonds is 1. The summed E-state index contributed by atoms with van der Waals surface area (Å²) < 4.78 is 37.1. The number of nitrogen functional groups attached to an aromatic ring is 1. The third kappa shape index (κ3) is 1.92. The molecule has 0 heterocycles. The number of benzene rings is 1. The molecule has 0 unspecified atom stereocenters. The first-order valence-corrected chi connectivity index (χ1v) is 3.61. The monoisotopic (exact) mass is 190 g/mol. The Morgan fingerprint density at radius 2 is 1.85 bits per heavy atom. The van der Waals surface area contributed by atoms with Crippen LogP contribution >= 0.6 is 0 Å². The van der Waals surface area contributed by atoms with Gasteiger partial charge in [0.05, 0.1) is 5.56 Å². The first-order valence-electron chi connectivity index (χ1n) is 3.61. The summed E-state index contributed by atoms with van der Waals surface area (Å²) in [6.45, 7) is -0.167. The van der Waals surface area contributed by atoms with Crippen molar-refractivity contribution in [2.75, 3.05) is 5.73 Å². The molecule has 13 heavy (non-hydrogen) atoms. The van der Waals surface area contributed by atoms with Gasteiger partial charge in [-0.2, -0.15) is 13.2 Å². The van der Waals surface area contributed by atoms with Gasteiger partial charge in [-0.25, -0.2) is 0 Å². The number of nitrogens with two attached hydrogens (primary N) is 2. The van der Waals surface area contributed by atoms with Crippen molar-refractivity contribution in [3.8, 4) is 0 Å². The molecule has 0 spiro atoms. The first-order chi connectivity index (χ1) is 5.96. The minimum absolute atomic E-state index is 0.0208. The summed E-state index contributed by atoms with van der Waals surface area (Å²) in [4.78, 5) is 0. The quantitative estimate of drug-likeness (QED) is 0.663. The Kier molecular flexibility index (Phi) is 2.47. The van der Waals surface area contributed by atoms with E-state index < -0.39 is 11.7 Å². The molecular formula is C8H9F3N2. The van der Waals surface area contributed by atoms with Gasteiger partial charge in [-0.05, 0) is 11.6 Å². The average molecular weight is 190 g/mol. The van der Waals surface area contributed by atoms with E-state index in [4.69, 9.17) is 11.5 Å². The van der Waals surface area contributed by atoms with E-state index in [0.29, 0.717) is 0 Å². The van der Waals surface area contributed by atoms with Gasteiger partial charge in [0.25, 0.3) is 0 Å². The smallest absolute Gasteiger partial charge is 0.398 e. The van der Waals surface area contributed by atoms with E-state index in [1.807, 2.05) is 0 Å². The van der Waals surface area contributed by atoms with Crippen LogP contribution in [0, 0.1) is 0 Å². The van der Waals surface area contributed by atoms with Crippen LogP contribution in [0.2, 0.25) is 0 Å². The molecule has 0 radical (unpaired) electrons. The lowest BCUT2D eigenvalue weighted by atomic mass is 10.1. The summed E-state index contributed by atoms with van der Waals surface area (Å²) in [5, 5.41) is 0. The maximum Gasteiger partial charge on any atom is 0.418 e. The highest BCUT2D eigenvalue weighted by Crippen LogP contribution is 2.35. The van der Waals surface area contributed by atoms with Crippen LogP contribution in [0.5, 0.6) is 0 Å². The Labute approximate surface area is 73.3 Å². The number of anilines is 1. The highest BCUT2D eigenvalue weighted by molar-refractivity contribution is 5.52. The zero-order chi connectivity index (χ0) is 10.1. The molecular weight excluding hydrogens is 181 g/mol. The lowest BCUT2D eigenvalue weighted by Gasteiger charge is -2.13. The minimum atomic E-state index is -4.43. The van der Waals surface area contributed by atoms with Crippen LogP contribution in [-0.2, 0) is 12.7 Å². The van der Waals surface area contributed by atoms with Crippen LogP contribution in [-0.4, -0.2) is 0 Å². The molecule has 1 aromatic rings. The fourth-order valence-electron chi connectivity index (χ4n) is 1.14. The minimum Gasteiger partial charge on any atom is -0.398 e. The van der Waals surface area contributed by atoms with E-state index in [1.54, 1.807) is 0 Å². The molecule has 0 saturated heterocycles.